The molecule has 1 N–H and O–H groups in total. The molecule has 1 aliphatic rings. The molecule has 0 saturated carbocycles. The molecule has 0 aliphatic carbocycles. The smallest absolute Gasteiger partial charge is 0.119 e. The molecule has 1 aliphatic heterocycles. The van der Waals surface area contributed by atoms with E-state index < -0.39 is 0 Å². The fourth-order valence-corrected chi connectivity index (χ4v) is 2.78. The lowest BCUT2D eigenvalue weighted by atomic mass is 10.0. The van der Waals surface area contributed by atoms with Gasteiger partial charge in [-0.05, 0) is 63.5 Å². The Kier molecular flexibility index (Phi) is 6.19. The molecule has 112 valence electrons. The summed E-state index contributed by atoms with van der Waals surface area (Å²) in [6, 6.07) is 9.06. The first-order valence-electron chi connectivity index (χ1n) is 7.96. The third-order valence-corrected chi connectivity index (χ3v) is 4.06. The number of ether oxygens (including phenoxy) is 1. The summed E-state index contributed by atoms with van der Waals surface area (Å²) in [6.07, 6.45) is 6.37. The van der Waals surface area contributed by atoms with Crippen molar-refractivity contribution in [2.45, 2.75) is 45.1 Å². The zero-order chi connectivity index (χ0) is 14.2. The zero-order valence-corrected chi connectivity index (χ0v) is 12.9. The molecule has 1 atom stereocenters. The third kappa shape index (κ3) is 4.71. The molecule has 20 heavy (non-hydrogen) atoms. The summed E-state index contributed by atoms with van der Waals surface area (Å²) in [5.41, 5.74) is 1.19. The van der Waals surface area contributed by atoms with Gasteiger partial charge in [0.1, 0.15) is 5.75 Å². The minimum absolute atomic E-state index is 0.753. The molecule has 1 aromatic carbocycles. The molecule has 1 fully saturated rings. The fourth-order valence-electron chi connectivity index (χ4n) is 2.78. The maximum absolute atomic E-state index is 5.59. The van der Waals surface area contributed by atoms with Crippen LogP contribution in [0.3, 0.4) is 0 Å². The van der Waals surface area contributed by atoms with E-state index in [9.17, 15) is 0 Å². The maximum atomic E-state index is 5.59. The van der Waals surface area contributed by atoms with Crippen molar-refractivity contribution in [3.8, 4) is 5.75 Å². The lowest BCUT2D eigenvalue weighted by molar-refractivity contribution is 0.179. The fraction of sp³-hybridized carbons (Fsp3) is 0.647. The SMILES string of the molecule is CCCOc1ccc(NCCC2CCCCN2C)cc1. The van der Waals surface area contributed by atoms with E-state index in [-0.39, 0.29) is 0 Å². The summed E-state index contributed by atoms with van der Waals surface area (Å²) in [7, 11) is 2.25. The topological polar surface area (TPSA) is 24.5 Å². The minimum Gasteiger partial charge on any atom is -0.494 e. The van der Waals surface area contributed by atoms with Gasteiger partial charge in [0, 0.05) is 18.3 Å². The van der Waals surface area contributed by atoms with Crippen LogP contribution < -0.4 is 10.1 Å². The van der Waals surface area contributed by atoms with Crippen molar-refractivity contribution in [2.24, 2.45) is 0 Å². The average Bonchev–Trinajstić information content (AvgIpc) is 2.48. The summed E-state index contributed by atoms with van der Waals surface area (Å²) < 4.78 is 5.59. The lowest BCUT2D eigenvalue weighted by Gasteiger charge is -2.32. The molecule has 0 aromatic heterocycles. The van der Waals surface area contributed by atoms with Crippen molar-refractivity contribution in [2.75, 3.05) is 32.1 Å². The molecule has 1 saturated heterocycles. The third-order valence-electron chi connectivity index (χ3n) is 4.06. The van der Waals surface area contributed by atoms with Crippen molar-refractivity contribution in [1.82, 2.24) is 4.90 Å². The van der Waals surface area contributed by atoms with Gasteiger partial charge in [0.15, 0.2) is 0 Å². The van der Waals surface area contributed by atoms with Crippen LogP contribution >= 0.6 is 0 Å². The predicted octanol–water partition coefficient (Wildman–Crippen LogP) is 3.76. The predicted molar refractivity (Wildman–Crippen MR) is 85.6 cm³/mol. The first-order chi connectivity index (χ1) is 9.79. The highest BCUT2D eigenvalue weighted by Crippen LogP contribution is 2.19. The summed E-state index contributed by atoms with van der Waals surface area (Å²) >= 11 is 0. The molecule has 0 bridgehead atoms. The van der Waals surface area contributed by atoms with Crippen LogP contribution in [0.4, 0.5) is 5.69 Å². The zero-order valence-electron chi connectivity index (χ0n) is 12.9. The Labute approximate surface area is 123 Å². The Morgan fingerprint density at radius 2 is 2.05 bits per heavy atom. The Morgan fingerprint density at radius 1 is 1.25 bits per heavy atom. The van der Waals surface area contributed by atoms with Gasteiger partial charge >= 0.3 is 0 Å². The number of nitrogens with one attached hydrogen (secondary N) is 1. The van der Waals surface area contributed by atoms with Gasteiger partial charge in [0.25, 0.3) is 0 Å². The summed E-state index contributed by atoms with van der Waals surface area (Å²) in [5, 5.41) is 3.51. The Morgan fingerprint density at radius 3 is 2.75 bits per heavy atom. The lowest BCUT2D eigenvalue weighted by Crippen LogP contribution is -2.37. The average molecular weight is 276 g/mol. The molecule has 0 radical (unpaired) electrons. The number of benzene rings is 1. The van der Waals surface area contributed by atoms with Crippen LogP contribution in [0, 0.1) is 0 Å². The van der Waals surface area contributed by atoms with Crippen LogP contribution in [0.5, 0.6) is 5.75 Å². The van der Waals surface area contributed by atoms with E-state index in [0.717, 1.165) is 31.4 Å². The van der Waals surface area contributed by atoms with Crippen molar-refractivity contribution in [1.29, 1.82) is 0 Å². The molecule has 1 aromatic rings. The van der Waals surface area contributed by atoms with Crippen LogP contribution in [0.1, 0.15) is 39.0 Å². The van der Waals surface area contributed by atoms with E-state index in [1.54, 1.807) is 0 Å². The van der Waals surface area contributed by atoms with E-state index in [0.29, 0.717) is 0 Å². The number of likely N-dealkylation sites (tertiary alicyclic amines) is 1. The molecule has 1 unspecified atom stereocenters. The number of nitrogens with zero attached hydrogens (tertiary/aromatic N) is 1. The van der Waals surface area contributed by atoms with Crippen LogP contribution in [0.2, 0.25) is 0 Å². The van der Waals surface area contributed by atoms with E-state index in [4.69, 9.17) is 4.74 Å². The van der Waals surface area contributed by atoms with E-state index in [1.165, 1.54) is 37.9 Å². The second-order valence-electron chi connectivity index (χ2n) is 5.72. The number of anilines is 1. The summed E-state index contributed by atoms with van der Waals surface area (Å²) in [6.45, 7) is 5.22. The molecule has 0 amide bonds. The number of rotatable bonds is 7. The van der Waals surface area contributed by atoms with Crippen LogP contribution in [0.15, 0.2) is 24.3 Å². The first-order valence-corrected chi connectivity index (χ1v) is 7.96. The number of hydrogen-bond donors (Lipinski definition) is 1. The van der Waals surface area contributed by atoms with Gasteiger partial charge in [-0.15, -0.1) is 0 Å². The van der Waals surface area contributed by atoms with Gasteiger partial charge in [0.05, 0.1) is 6.61 Å². The van der Waals surface area contributed by atoms with Gasteiger partial charge < -0.3 is 15.0 Å². The normalized spacial score (nSPS) is 19.8. The molecule has 3 heteroatoms. The Balaban J connectivity index is 1.70. The second kappa shape index (κ2) is 8.15. The number of piperidine rings is 1. The molecule has 2 rings (SSSR count). The Hall–Kier alpha value is -1.22. The maximum Gasteiger partial charge on any atom is 0.119 e. The largest absolute Gasteiger partial charge is 0.494 e. The highest BCUT2D eigenvalue weighted by Gasteiger charge is 2.17. The van der Waals surface area contributed by atoms with E-state index in [2.05, 4.69) is 36.3 Å². The van der Waals surface area contributed by atoms with Gasteiger partial charge in [-0.2, -0.15) is 0 Å². The number of hydrogen-bond acceptors (Lipinski definition) is 3. The molecule has 1 heterocycles. The quantitative estimate of drug-likeness (QED) is 0.820. The van der Waals surface area contributed by atoms with Gasteiger partial charge in [-0.25, -0.2) is 0 Å². The standard InChI is InChI=1S/C17H28N2O/c1-3-14-20-17-9-7-15(8-10-17)18-12-11-16-6-4-5-13-19(16)2/h7-10,16,18H,3-6,11-14H2,1-2H3. The summed E-state index contributed by atoms with van der Waals surface area (Å²) in [5.74, 6) is 0.962. The van der Waals surface area contributed by atoms with Crippen molar-refractivity contribution in [3.05, 3.63) is 24.3 Å². The highest BCUT2D eigenvalue weighted by atomic mass is 16.5. The van der Waals surface area contributed by atoms with Gasteiger partial charge in [0.2, 0.25) is 0 Å². The van der Waals surface area contributed by atoms with E-state index >= 15 is 0 Å². The first kappa shape index (κ1) is 15.2. The van der Waals surface area contributed by atoms with Crippen molar-refractivity contribution >= 4 is 5.69 Å². The van der Waals surface area contributed by atoms with Crippen molar-refractivity contribution < 1.29 is 4.74 Å². The van der Waals surface area contributed by atoms with Crippen molar-refractivity contribution in [3.63, 3.8) is 0 Å². The van der Waals surface area contributed by atoms with Gasteiger partial charge in [-0.3, -0.25) is 0 Å². The highest BCUT2D eigenvalue weighted by molar-refractivity contribution is 5.46. The van der Waals surface area contributed by atoms with E-state index in [1.807, 2.05) is 12.1 Å². The molecule has 0 spiro atoms. The minimum atomic E-state index is 0.753. The van der Waals surface area contributed by atoms with Crippen LogP contribution in [-0.4, -0.2) is 37.7 Å². The molecule has 3 nitrogen and oxygen atoms in total. The second-order valence-corrected chi connectivity index (χ2v) is 5.72. The molecular formula is C17H28N2O. The van der Waals surface area contributed by atoms with Crippen LogP contribution in [0.25, 0.3) is 0 Å². The van der Waals surface area contributed by atoms with Gasteiger partial charge in [-0.1, -0.05) is 13.3 Å². The molecular weight excluding hydrogens is 248 g/mol. The van der Waals surface area contributed by atoms with Crippen LogP contribution in [-0.2, 0) is 0 Å². The summed E-state index contributed by atoms with van der Waals surface area (Å²) in [4.78, 5) is 2.51. The Bertz CT molecular complexity index is 377. The monoisotopic (exact) mass is 276 g/mol.